The molecule has 13 aromatic rings. The average molecular weight is 858 g/mol. The number of fused-ring (bicyclic) bond motifs is 11. The number of hydrogen-bond acceptors (Lipinski definition) is 3. The van der Waals surface area contributed by atoms with E-state index in [-0.39, 0.29) is 6.17 Å². The predicted molar refractivity (Wildman–Crippen MR) is 281 cm³/mol. The summed E-state index contributed by atoms with van der Waals surface area (Å²) in [4.78, 5) is 5.68. The molecule has 0 fully saturated rings. The van der Waals surface area contributed by atoms with Gasteiger partial charge in [-0.1, -0.05) is 170 Å². The molecule has 1 aliphatic rings. The second kappa shape index (κ2) is 14.5. The van der Waals surface area contributed by atoms with Gasteiger partial charge in [0.2, 0.25) is 0 Å². The molecule has 1 aliphatic heterocycles. The van der Waals surface area contributed by atoms with Gasteiger partial charge < -0.3 is 14.5 Å². The van der Waals surface area contributed by atoms with Crippen LogP contribution in [0.5, 0.6) is 0 Å². The van der Waals surface area contributed by atoms with Crippen molar-refractivity contribution in [3.63, 3.8) is 0 Å². The van der Waals surface area contributed by atoms with Crippen LogP contribution >= 0.6 is 0 Å². The topological polar surface area (TPSA) is 46.3 Å². The Kier molecular flexibility index (Phi) is 8.18. The monoisotopic (exact) mass is 857 g/mol. The zero-order valence-corrected chi connectivity index (χ0v) is 36.8. The molecule has 0 aliphatic carbocycles. The predicted octanol–water partition coefficient (Wildman–Crippen LogP) is 15.0. The van der Waals surface area contributed by atoms with Gasteiger partial charge in [0.25, 0.3) is 0 Å². The highest BCUT2D eigenvalue weighted by atomic mass is 15.3. The highest BCUT2D eigenvalue weighted by Crippen LogP contribution is 2.42. The van der Waals surface area contributed by atoms with Crippen molar-refractivity contribution in [1.82, 2.24) is 19.8 Å². The molecule has 5 nitrogen and oxygen atoms in total. The Labute approximate surface area is 386 Å². The first-order valence-corrected chi connectivity index (χ1v) is 23.2. The fourth-order valence-corrected chi connectivity index (χ4v) is 11.3. The van der Waals surface area contributed by atoms with Crippen molar-refractivity contribution in [2.75, 3.05) is 0 Å². The molecule has 0 bridgehead atoms. The van der Waals surface area contributed by atoms with Gasteiger partial charge in [-0.3, -0.25) is 5.32 Å². The van der Waals surface area contributed by atoms with Crippen molar-refractivity contribution in [2.24, 2.45) is 4.99 Å². The Morgan fingerprint density at radius 2 is 0.970 bits per heavy atom. The van der Waals surface area contributed by atoms with Crippen molar-refractivity contribution >= 4 is 92.5 Å². The Bertz CT molecular complexity index is 4140. The number of rotatable bonds is 5. The van der Waals surface area contributed by atoms with Crippen LogP contribution in [-0.4, -0.2) is 15.0 Å². The minimum absolute atomic E-state index is 0.346. The third kappa shape index (κ3) is 5.75. The van der Waals surface area contributed by atoms with Crippen LogP contribution in [0.15, 0.2) is 229 Å². The molecule has 2 aromatic heterocycles. The quantitative estimate of drug-likeness (QED) is 0.169. The lowest BCUT2D eigenvalue weighted by Gasteiger charge is -2.42. The minimum Gasteiger partial charge on any atom is -0.348 e. The largest absolute Gasteiger partial charge is 0.348 e. The van der Waals surface area contributed by atoms with E-state index in [1.54, 1.807) is 0 Å². The molecule has 67 heavy (non-hydrogen) atoms. The summed E-state index contributed by atoms with van der Waals surface area (Å²) < 4.78 is 4.89. The van der Waals surface area contributed by atoms with Gasteiger partial charge in [0, 0.05) is 38.4 Å². The summed E-state index contributed by atoms with van der Waals surface area (Å²) in [6, 6.07) is 81.8. The maximum absolute atomic E-state index is 5.68. The third-order valence-corrected chi connectivity index (χ3v) is 14.3. The van der Waals surface area contributed by atoms with E-state index in [0.29, 0.717) is 0 Å². The summed E-state index contributed by atoms with van der Waals surface area (Å²) in [6.07, 6.45) is -0.346. The fraction of sp³-hybridized carbons (Fsp3) is 0.0484. The molecule has 0 saturated heterocycles. The highest BCUT2D eigenvalue weighted by molar-refractivity contribution is 6.18. The van der Waals surface area contributed by atoms with E-state index in [1.165, 1.54) is 70.5 Å². The highest BCUT2D eigenvalue weighted by Gasteiger charge is 2.38. The van der Waals surface area contributed by atoms with Gasteiger partial charge >= 0.3 is 0 Å². The van der Waals surface area contributed by atoms with E-state index in [4.69, 9.17) is 4.99 Å². The van der Waals surface area contributed by atoms with Crippen molar-refractivity contribution in [3.8, 4) is 11.4 Å². The second-order valence-corrected chi connectivity index (χ2v) is 18.2. The summed E-state index contributed by atoms with van der Waals surface area (Å²) in [5.41, 5.74) is 9.47. The average Bonchev–Trinajstić information content (AvgIpc) is 3.89. The molecule has 0 saturated carbocycles. The first-order valence-electron chi connectivity index (χ1n) is 23.2. The molecule has 2 N–H and O–H groups in total. The minimum atomic E-state index is -0.740. The van der Waals surface area contributed by atoms with Gasteiger partial charge in [-0.15, -0.1) is 0 Å². The number of aliphatic imine (C=N–C) groups is 1. The van der Waals surface area contributed by atoms with Crippen LogP contribution in [0.25, 0.3) is 98.1 Å². The van der Waals surface area contributed by atoms with Crippen LogP contribution in [0.4, 0.5) is 0 Å². The molecule has 0 spiro atoms. The van der Waals surface area contributed by atoms with E-state index in [9.17, 15) is 0 Å². The number of para-hydroxylation sites is 3. The van der Waals surface area contributed by atoms with Crippen molar-refractivity contribution < 1.29 is 0 Å². The van der Waals surface area contributed by atoms with Crippen LogP contribution in [0, 0.1) is 0 Å². The number of benzene rings is 11. The number of amidine groups is 1. The number of nitrogens with one attached hydrogen (secondary N) is 2. The second-order valence-electron chi connectivity index (χ2n) is 18.2. The summed E-state index contributed by atoms with van der Waals surface area (Å²) >= 11 is 0. The van der Waals surface area contributed by atoms with E-state index >= 15 is 0 Å². The molecule has 5 heteroatoms. The fourth-order valence-electron chi connectivity index (χ4n) is 11.3. The number of aromatic nitrogens is 2. The molecule has 316 valence electrons. The Hall–Kier alpha value is -8.51. The third-order valence-electron chi connectivity index (χ3n) is 14.3. The standard InChI is InChI=1S/C62H43N5/c1-62(53-37-42-20-6-7-21-45(42)47-23-9-10-24-48(47)53)64-60(40-18-3-2-4-19-40)63-61(65-62)59-46-22-8-5-17-39(46)32-34-57(59)67-56-30-16-13-27-51(56)52-36-41-31-33-44(35-43(41)38-58(52)67)66-54-28-14-11-25-49(54)50-26-12-15-29-55(50)66/h2-38,60,64H,1H3,(H,63,65). The smallest absolute Gasteiger partial charge is 0.134 e. The van der Waals surface area contributed by atoms with Gasteiger partial charge in [-0.2, -0.15) is 0 Å². The summed E-state index contributed by atoms with van der Waals surface area (Å²) in [5, 5.41) is 22.6. The molecule has 3 heterocycles. The van der Waals surface area contributed by atoms with Gasteiger partial charge in [0.1, 0.15) is 17.7 Å². The van der Waals surface area contributed by atoms with Crippen LogP contribution in [0.3, 0.4) is 0 Å². The molecule has 2 atom stereocenters. The number of nitrogens with zero attached hydrogens (tertiary/aromatic N) is 3. The van der Waals surface area contributed by atoms with Gasteiger partial charge in [0.05, 0.1) is 27.8 Å². The first-order chi connectivity index (χ1) is 33.1. The Balaban J connectivity index is 1.03. The lowest BCUT2D eigenvalue weighted by atomic mass is 9.89. The Morgan fingerprint density at radius 3 is 1.70 bits per heavy atom. The van der Waals surface area contributed by atoms with Crippen LogP contribution in [-0.2, 0) is 5.66 Å². The van der Waals surface area contributed by atoms with Crippen molar-refractivity contribution in [1.29, 1.82) is 0 Å². The van der Waals surface area contributed by atoms with Gasteiger partial charge in [0.15, 0.2) is 0 Å². The molecule has 0 radical (unpaired) electrons. The SMILES string of the molecule is CC1(c2cc3ccccc3c3ccccc23)NC(c2c(-n3c4ccccc4c4cc5ccc(-n6c7ccccc7c7ccccc76)cc5cc43)ccc3ccccc23)=NC(c2ccccc2)N1. The van der Waals surface area contributed by atoms with E-state index < -0.39 is 5.66 Å². The van der Waals surface area contributed by atoms with E-state index in [0.717, 1.165) is 50.1 Å². The molecular weight excluding hydrogens is 815 g/mol. The zero-order chi connectivity index (χ0) is 44.2. The van der Waals surface area contributed by atoms with Crippen molar-refractivity contribution in [2.45, 2.75) is 18.8 Å². The van der Waals surface area contributed by atoms with Crippen LogP contribution < -0.4 is 10.6 Å². The van der Waals surface area contributed by atoms with Gasteiger partial charge in [-0.05, 0) is 110 Å². The lowest BCUT2D eigenvalue weighted by molar-refractivity contribution is 0.280. The summed E-state index contributed by atoms with van der Waals surface area (Å²) in [7, 11) is 0. The lowest BCUT2D eigenvalue weighted by Crippen LogP contribution is -2.58. The van der Waals surface area contributed by atoms with Gasteiger partial charge in [-0.25, -0.2) is 4.99 Å². The van der Waals surface area contributed by atoms with E-state index in [2.05, 4.69) is 251 Å². The maximum Gasteiger partial charge on any atom is 0.134 e. The maximum atomic E-state index is 5.68. The van der Waals surface area contributed by atoms with Crippen molar-refractivity contribution in [3.05, 3.63) is 241 Å². The number of hydrogen-bond donors (Lipinski definition) is 2. The van der Waals surface area contributed by atoms with Crippen LogP contribution in [0.2, 0.25) is 0 Å². The molecule has 2 unspecified atom stereocenters. The molecule has 11 aromatic carbocycles. The Morgan fingerprint density at radius 1 is 0.403 bits per heavy atom. The van der Waals surface area contributed by atoms with E-state index in [1.807, 2.05) is 0 Å². The summed E-state index contributed by atoms with van der Waals surface area (Å²) in [6.45, 7) is 2.28. The molecule has 14 rings (SSSR count). The first kappa shape index (κ1) is 37.8. The summed E-state index contributed by atoms with van der Waals surface area (Å²) in [5.74, 6) is 0.833. The molecular formula is C62H43N5. The van der Waals surface area contributed by atoms with Crippen LogP contribution in [0.1, 0.15) is 29.8 Å². The zero-order valence-electron chi connectivity index (χ0n) is 36.8. The molecule has 0 amide bonds. The normalized spacial score (nSPS) is 16.5.